The Balaban J connectivity index is 1.53. The SMILES string of the molecule is O=C(CSc1nnc(-c2cccc(Cl)c2)o1)O[C@H]1CCS(=O)(=O)C1. The molecular formula is C14H13ClN2O5S2. The number of hydrogen-bond acceptors (Lipinski definition) is 8. The van der Waals surface area contributed by atoms with Gasteiger partial charge in [0.05, 0.1) is 11.5 Å². The summed E-state index contributed by atoms with van der Waals surface area (Å²) in [6, 6.07) is 6.97. The maximum Gasteiger partial charge on any atom is 0.316 e. The molecule has 1 saturated heterocycles. The third kappa shape index (κ3) is 4.49. The van der Waals surface area contributed by atoms with Crippen molar-refractivity contribution in [3.05, 3.63) is 29.3 Å². The van der Waals surface area contributed by atoms with E-state index in [1.165, 1.54) is 0 Å². The fourth-order valence-corrected chi connectivity index (χ4v) is 4.53. The minimum absolute atomic E-state index is 0.0340. The van der Waals surface area contributed by atoms with Gasteiger partial charge in [-0.15, -0.1) is 10.2 Å². The van der Waals surface area contributed by atoms with Gasteiger partial charge in [0.15, 0.2) is 9.84 Å². The third-order valence-corrected chi connectivity index (χ3v) is 6.04. The van der Waals surface area contributed by atoms with Crippen molar-refractivity contribution in [3.8, 4) is 11.5 Å². The van der Waals surface area contributed by atoms with E-state index in [2.05, 4.69) is 10.2 Å². The normalized spacial score (nSPS) is 19.3. The minimum atomic E-state index is -3.07. The molecule has 24 heavy (non-hydrogen) atoms. The first-order chi connectivity index (χ1) is 11.4. The highest BCUT2D eigenvalue weighted by Crippen LogP contribution is 2.25. The van der Waals surface area contributed by atoms with Gasteiger partial charge >= 0.3 is 5.97 Å². The van der Waals surface area contributed by atoms with Gasteiger partial charge in [-0.3, -0.25) is 4.79 Å². The highest BCUT2D eigenvalue weighted by molar-refractivity contribution is 7.99. The van der Waals surface area contributed by atoms with Crippen LogP contribution in [0, 0.1) is 0 Å². The fourth-order valence-electron chi connectivity index (χ4n) is 2.20. The van der Waals surface area contributed by atoms with Crippen LogP contribution in [-0.2, 0) is 19.4 Å². The Hall–Kier alpha value is -1.58. The van der Waals surface area contributed by atoms with Gasteiger partial charge in [0.25, 0.3) is 5.22 Å². The Kier molecular flexibility index (Phi) is 5.12. The number of aromatic nitrogens is 2. The molecule has 0 saturated carbocycles. The molecule has 3 rings (SSSR count). The number of rotatable bonds is 5. The molecule has 1 aliphatic heterocycles. The lowest BCUT2D eigenvalue weighted by molar-refractivity contribution is -0.144. The third-order valence-electron chi connectivity index (χ3n) is 3.28. The number of ether oxygens (including phenoxy) is 1. The number of thioether (sulfide) groups is 1. The molecule has 0 aliphatic carbocycles. The summed E-state index contributed by atoms with van der Waals surface area (Å²) in [4.78, 5) is 11.8. The van der Waals surface area contributed by atoms with Gasteiger partial charge in [-0.2, -0.15) is 0 Å². The number of nitrogens with zero attached hydrogens (tertiary/aromatic N) is 2. The molecule has 1 fully saturated rings. The summed E-state index contributed by atoms with van der Waals surface area (Å²) in [5.74, 6) is -0.290. The van der Waals surface area contributed by atoms with Crippen molar-refractivity contribution in [1.82, 2.24) is 10.2 Å². The minimum Gasteiger partial charge on any atom is -0.461 e. The average Bonchev–Trinajstić information content (AvgIpc) is 3.12. The first-order valence-corrected chi connectivity index (χ1v) is 10.2. The number of sulfone groups is 1. The Morgan fingerprint density at radius 2 is 2.25 bits per heavy atom. The van der Waals surface area contributed by atoms with Crippen LogP contribution in [0.5, 0.6) is 0 Å². The molecule has 0 spiro atoms. The van der Waals surface area contributed by atoms with E-state index in [0.29, 0.717) is 22.9 Å². The molecule has 1 aromatic heterocycles. The molecule has 0 bridgehead atoms. The van der Waals surface area contributed by atoms with E-state index in [1.54, 1.807) is 24.3 Å². The van der Waals surface area contributed by atoms with E-state index in [1.807, 2.05) is 0 Å². The van der Waals surface area contributed by atoms with Crippen LogP contribution >= 0.6 is 23.4 Å². The quantitative estimate of drug-likeness (QED) is 0.567. The zero-order valence-electron chi connectivity index (χ0n) is 12.3. The lowest BCUT2D eigenvalue weighted by Gasteiger charge is -2.08. The van der Waals surface area contributed by atoms with Crippen LogP contribution in [0.15, 0.2) is 33.9 Å². The van der Waals surface area contributed by atoms with Crippen molar-refractivity contribution in [3.63, 3.8) is 0 Å². The van der Waals surface area contributed by atoms with Crippen molar-refractivity contribution in [2.24, 2.45) is 0 Å². The number of esters is 1. The van der Waals surface area contributed by atoms with Gasteiger partial charge in [-0.25, -0.2) is 8.42 Å². The molecule has 0 N–H and O–H groups in total. The molecule has 0 radical (unpaired) electrons. The topological polar surface area (TPSA) is 99.4 Å². The summed E-state index contributed by atoms with van der Waals surface area (Å²) in [7, 11) is -3.07. The van der Waals surface area contributed by atoms with Crippen molar-refractivity contribution in [2.45, 2.75) is 17.7 Å². The maximum absolute atomic E-state index is 11.8. The van der Waals surface area contributed by atoms with Gasteiger partial charge in [-0.1, -0.05) is 29.4 Å². The standard InChI is InChI=1S/C14H13ClN2O5S2/c15-10-3-1-2-9(6-10)13-16-17-14(22-13)23-7-12(18)21-11-4-5-24(19,20)8-11/h1-3,6,11H,4-5,7-8H2/t11-/m0/s1. The van der Waals surface area contributed by atoms with Crippen LogP contribution in [0.1, 0.15) is 6.42 Å². The van der Waals surface area contributed by atoms with Crippen molar-refractivity contribution in [2.75, 3.05) is 17.3 Å². The Bertz CT molecular complexity index is 852. The second-order valence-electron chi connectivity index (χ2n) is 5.19. The average molecular weight is 389 g/mol. The van der Waals surface area contributed by atoms with E-state index in [4.69, 9.17) is 20.8 Å². The summed E-state index contributed by atoms with van der Waals surface area (Å²) < 4.78 is 33.2. The van der Waals surface area contributed by atoms with Crippen LogP contribution in [0.2, 0.25) is 5.02 Å². The van der Waals surface area contributed by atoms with E-state index in [9.17, 15) is 13.2 Å². The number of benzene rings is 1. The molecule has 0 amide bonds. The number of halogens is 1. The highest BCUT2D eigenvalue weighted by atomic mass is 35.5. The molecular weight excluding hydrogens is 376 g/mol. The van der Waals surface area contributed by atoms with E-state index in [-0.39, 0.29) is 22.5 Å². The monoisotopic (exact) mass is 388 g/mol. The number of carbonyl (C=O) groups excluding carboxylic acids is 1. The van der Waals surface area contributed by atoms with Crippen LogP contribution in [0.4, 0.5) is 0 Å². The lowest BCUT2D eigenvalue weighted by Crippen LogP contribution is -2.20. The van der Waals surface area contributed by atoms with Crippen LogP contribution in [0.25, 0.3) is 11.5 Å². The largest absolute Gasteiger partial charge is 0.461 e. The summed E-state index contributed by atoms with van der Waals surface area (Å²) in [5, 5.41) is 8.52. The predicted molar refractivity (Wildman–Crippen MR) is 88.6 cm³/mol. The van der Waals surface area contributed by atoms with Gasteiger partial charge in [0, 0.05) is 10.6 Å². The Morgan fingerprint density at radius 1 is 1.42 bits per heavy atom. The molecule has 1 aliphatic rings. The smallest absolute Gasteiger partial charge is 0.316 e. The lowest BCUT2D eigenvalue weighted by atomic mass is 10.2. The van der Waals surface area contributed by atoms with Gasteiger partial charge in [0.2, 0.25) is 5.89 Å². The molecule has 10 heteroatoms. The van der Waals surface area contributed by atoms with Gasteiger partial charge in [0.1, 0.15) is 11.9 Å². The first-order valence-electron chi connectivity index (χ1n) is 7.03. The molecule has 2 heterocycles. The molecule has 0 unspecified atom stereocenters. The van der Waals surface area contributed by atoms with Crippen molar-refractivity contribution < 1.29 is 22.4 Å². The second-order valence-corrected chi connectivity index (χ2v) is 8.78. The van der Waals surface area contributed by atoms with Crippen LogP contribution in [0.3, 0.4) is 0 Å². The second kappa shape index (κ2) is 7.12. The van der Waals surface area contributed by atoms with Gasteiger partial charge in [-0.05, 0) is 24.6 Å². The summed E-state index contributed by atoms with van der Waals surface area (Å²) in [5.41, 5.74) is 0.681. The van der Waals surface area contributed by atoms with E-state index >= 15 is 0 Å². The summed E-state index contributed by atoms with van der Waals surface area (Å²) in [6.07, 6.45) is -0.217. The van der Waals surface area contributed by atoms with Gasteiger partial charge < -0.3 is 9.15 Å². The van der Waals surface area contributed by atoms with Crippen LogP contribution in [-0.4, -0.2) is 47.9 Å². The molecule has 1 aromatic carbocycles. The predicted octanol–water partition coefficient (Wildman–Crippen LogP) is 2.21. The molecule has 2 aromatic rings. The fraction of sp³-hybridized carbons (Fsp3) is 0.357. The van der Waals surface area contributed by atoms with E-state index < -0.39 is 21.9 Å². The summed E-state index contributed by atoms with van der Waals surface area (Å²) >= 11 is 6.94. The Morgan fingerprint density at radius 3 is 2.96 bits per heavy atom. The van der Waals surface area contributed by atoms with Crippen LogP contribution < -0.4 is 0 Å². The molecule has 128 valence electrons. The van der Waals surface area contributed by atoms with Crippen molar-refractivity contribution in [1.29, 1.82) is 0 Å². The summed E-state index contributed by atoms with van der Waals surface area (Å²) in [6.45, 7) is 0. The molecule has 1 atom stereocenters. The first kappa shape index (κ1) is 17.2. The van der Waals surface area contributed by atoms with Crippen molar-refractivity contribution >= 4 is 39.2 Å². The maximum atomic E-state index is 11.8. The Labute approximate surface area is 147 Å². The number of carbonyl (C=O) groups is 1. The zero-order valence-corrected chi connectivity index (χ0v) is 14.7. The molecule has 7 nitrogen and oxygen atoms in total. The highest BCUT2D eigenvalue weighted by Gasteiger charge is 2.30. The zero-order chi connectivity index (χ0) is 17.2. The van der Waals surface area contributed by atoms with E-state index in [0.717, 1.165) is 11.8 Å². The number of hydrogen-bond donors (Lipinski definition) is 0.